The Morgan fingerprint density at radius 3 is 2.59 bits per heavy atom. The summed E-state index contributed by atoms with van der Waals surface area (Å²) in [7, 11) is 0. The van der Waals surface area contributed by atoms with E-state index >= 15 is 0 Å². The minimum Gasteiger partial charge on any atom is -0.439 e. The summed E-state index contributed by atoms with van der Waals surface area (Å²) in [6.45, 7) is 1.63. The lowest BCUT2D eigenvalue weighted by molar-refractivity contribution is 0.194. The zero-order valence-corrected chi connectivity index (χ0v) is 9.30. The van der Waals surface area contributed by atoms with Gasteiger partial charge in [-0.2, -0.15) is 0 Å². The molecule has 1 N–H and O–H groups in total. The maximum absolute atomic E-state index is 12.7. The highest BCUT2D eigenvalue weighted by atomic mass is 19.1. The minimum absolute atomic E-state index is 0.325. The second-order valence-corrected chi connectivity index (χ2v) is 3.63. The van der Waals surface area contributed by atoms with Gasteiger partial charge in [0.25, 0.3) is 0 Å². The van der Waals surface area contributed by atoms with Gasteiger partial charge in [0.05, 0.1) is 6.10 Å². The summed E-state index contributed by atoms with van der Waals surface area (Å²) < 4.78 is 18.2. The number of aliphatic hydroxyl groups is 1. The van der Waals surface area contributed by atoms with E-state index in [1.165, 1.54) is 24.3 Å². The first-order valence-corrected chi connectivity index (χ1v) is 5.23. The molecule has 0 saturated carbocycles. The number of hydrogen-bond donors (Lipinski definition) is 1. The molecule has 0 aliphatic carbocycles. The molecule has 0 fully saturated rings. The van der Waals surface area contributed by atoms with Crippen molar-refractivity contribution in [3.8, 4) is 11.6 Å². The van der Waals surface area contributed by atoms with Crippen molar-refractivity contribution in [1.82, 2.24) is 4.98 Å². The average Bonchev–Trinajstić information content (AvgIpc) is 2.32. The fraction of sp³-hybridized carbons (Fsp3) is 0.154. The van der Waals surface area contributed by atoms with Crippen molar-refractivity contribution >= 4 is 0 Å². The molecule has 0 unspecified atom stereocenters. The molecule has 0 aliphatic rings. The van der Waals surface area contributed by atoms with E-state index in [4.69, 9.17) is 4.74 Å². The number of hydrogen-bond acceptors (Lipinski definition) is 3. The molecule has 0 spiro atoms. The van der Waals surface area contributed by atoms with Gasteiger partial charge in [-0.3, -0.25) is 0 Å². The summed E-state index contributed by atoms with van der Waals surface area (Å²) in [4.78, 5) is 4.04. The number of benzene rings is 1. The molecule has 0 amide bonds. The summed E-state index contributed by atoms with van der Waals surface area (Å²) >= 11 is 0. The Kier molecular flexibility index (Phi) is 3.35. The predicted molar refractivity (Wildman–Crippen MR) is 61.3 cm³/mol. The van der Waals surface area contributed by atoms with Gasteiger partial charge >= 0.3 is 0 Å². The third kappa shape index (κ3) is 2.79. The van der Waals surface area contributed by atoms with Crippen molar-refractivity contribution in [2.24, 2.45) is 0 Å². The van der Waals surface area contributed by atoms with Crippen LogP contribution in [0.2, 0.25) is 0 Å². The van der Waals surface area contributed by atoms with Gasteiger partial charge in [-0.25, -0.2) is 9.37 Å². The van der Waals surface area contributed by atoms with Crippen LogP contribution < -0.4 is 4.74 Å². The predicted octanol–water partition coefficient (Wildman–Crippen LogP) is 3.07. The topological polar surface area (TPSA) is 42.4 Å². The Balaban J connectivity index is 2.26. The monoisotopic (exact) mass is 233 g/mol. The van der Waals surface area contributed by atoms with Crippen LogP contribution in [0.15, 0.2) is 42.6 Å². The molecule has 0 radical (unpaired) electrons. The molecule has 1 aromatic carbocycles. The first-order valence-electron chi connectivity index (χ1n) is 5.23. The quantitative estimate of drug-likeness (QED) is 0.885. The van der Waals surface area contributed by atoms with E-state index in [2.05, 4.69) is 4.98 Å². The third-order valence-electron chi connectivity index (χ3n) is 2.28. The molecule has 1 aromatic heterocycles. The Hall–Kier alpha value is -1.94. The number of aliphatic hydroxyl groups excluding tert-OH is 1. The lowest BCUT2D eigenvalue weighted by Crippen LogP contribution is -1.98. The molecule has 0 bridgehead atoms. The van der Waals surface area contributed by atoms with Crippen LogP contribution in [0.1, 0.15) is 18.6 Å². The van der Waals surface area contributed by atoms with Gasteiger partial charge in [0.2, 0.25) is 5.88 Å². The number of pyridine rings is 1. The van der Waals surface area contributed by atoms with E-state index in [0.29, 0.717) is 17.2 Å². The summed E-state index contributed by atoms with van der Waals surface area (Å²) in [5, 5.41) is 9.55. The SMILES string of the molecule is C[C@@H](O)c1cccnc1Oc1ccc(F)cc1. The van der Waals surface area contributed by atoms with E-state index in [1.807, 2.05) is 0 Å². The smallest absolute Gasteiger partial charge is 0.225 e. The highest BCUT2D eigenvalue weighted by Gasteiger charge is 2.10. The molecular weight excluding hydrogens is 221 g/mol. The van der Waals surface area contributed by atoms with E-state index in [1.54, 1.807) is 25.3 Å². The Morgan fingerprint density at radius 2 is 1.94 bits per heavy atom. The lowest BCUT2D eigenvalue weighted by atomic mass is 10.2. The summed E-state index contributed by atoms with van der Waals surface area (Å²) in [5.41, 5.74) is 0.594. The van der Waals surface area contributed by atoms with E-state index in [0.717, 1.165) is 0 Å². The average molecular weight is 233 g/mol. The van der Waals surface area contributed by atoms with Crippen LogP contribution in [0.3, 0.4) is 0 Å². The molecule has 17 heavy (non-hydrogen) atoms. The van der Waals surface area contributed by atoms with Crippen LogP contribution in [0.25, 0.3) is 0 Å². The normalized spacial score (nSPS) is 12.2. The molecule has 2 rings (SSSR count). The summed E-state index contributed by atoms with van der Waals surface area (Å²) in [6, 6.07) is 9.09. The van der Waals surface area contributed by atoms with Crippen molar-refractivity contribution in [3.05, 3.63) is 54.0 Å². The Morgan fingerprint density at radius 1 is 1.24 bits per heavy atom. The van der Waals surface area contributed by atoms with E-state index in [9.17, 15) is 9.50 Å². The maximum atomic E-state index is 12.7. The molecule has 2 aromatic rings. The Bertz CT molecular complexity index is 497. The molecule has 3 nitrogen and oxygen atoms in total. The zero-order chi connectivity index (χ0) is 12.3. The molecule has 88 valence electrons. The fourth-order valence-corrected chi connectivity index (χ4v) is 1.42. The van der Waals surface area contributed by atoms with Crippen molar-refractivity contribution in [3.63, 3.8) is 0 Å². The molecule has 0 aliphatic heterocycles. The van der Waals surface area contributed by atoms with Gasteiger partial charge in [-0.05, 0) is 43.3 Å². The summed E-state index contributed by atoms with van der Waals surface area (Å²) in [5.74, 6) is 0.482. The first-order chi connectivity index (χ1) is 8.16. The van der Waals surface area contributed by atoms with E-state index in [-0.39, 0.29) is 5.82 Å². The highest BCUT2D eigenvalue weighted by Crippen LogP contribution is 2.26. The molecule has 0 saturated heterocycles. The second-order valence-electron chi connectivity index (χ2n) is 3.63. The van der Waals surface area contributed by atoms with Crippen LogP contribution in [0, 0.1) is 5.82 Å². The van der Waals surface area contributed by atoms with Crippen molar-refractivity contribution in [1.29, 1.82) is 0 Å². The van der Waals surface area contributed by atoms with Crippen LogP contribution >= 0.6 is 0 Å². The standard InChI is InChI=1S/C13H12FNO2/c1-9(16)12-3-2-8-15-13(12)17-11-6-4-10(14)5-7-11/h2-9,16H,1H3/t9-/m1/s1. The van der Waals surface area contributed by atoms with Gasteiger partial charge in [-0.15, -0.1) is 0 Å². The summed E-state index contributed by atoms with van der Waals surface area (Å²) in [6.07, 6.45) is 0.907. The third-order valence-corrected chi connectivity index (χ3v) is 2.28. The Labute approximate surface area is 98.5 Å². The molecule has 1 heterocycles. The maximum Gasteiger partial charge on any atom is 0.225 e. The number of halogens is 1. The number of aromatic nitrogens is 1. The zero-order valence-electron chi connectivity index (χ0n) is 9.30. The number of nitrogens with zero attached hydrogens (tertiary/aromatic N) is 1. The van der Waals surface area contributed by atoms with Gasteiger partial charge in [0, 0.05) is 11.8 Å². The first kappa shape index (κ1) is 11.5. The van der Waals surface area contributed by atoms with Crippen LogP contribution in [0.5, 0.6) is 11.6 Å². The van der Waals surface area contributed by atoms with Gasteiger partial charge in [0.1, 0.15) is 11.6 Å². The van der Waals surface area contributed by atoms with Crippen LogP contribution in [-0.2, 0) is 0 Å². The highest BCUT2D eigenvalue weighted by molar-refractivity contribution is 5.33. The lowest BCUT2D eigenvalue weighted by Gasteiger charge is -2.11. The molecular formula is C13H12FNO2. The second kappa shape index (κ2) is 4.93. The van der Waals surface area contributed by atoms with Crippen LogP contribution in [-0.4, -0.2) is 10.1 Å². The van der Waals surface area contributed by atoms with Gasteiger partial charge in [-0.1, -0.05) is 0 Å². The van der Waals surface area contributed by atoms with Crippen LogP contribution in [0.4, 0.5) is 4.39 Å². The number of ether oxygens (including phenoxy) is 1. The number of rotatable bonds is 3. The fourth-order valence-electron chi connectivity index (χ4n) is 1.42. The van der Waals surface area contributed by atoms with E-state index < -0.39 is 6.10 Å². The van der Waals surface area contributed by atoms with Gasteiger partial charge in [0.15, 0.2) is 0 Å². The van der Waals surface area contributed by atoms with Gasteiger partial charge < -0.3 is 9.84 Å². The minimum atomic E-state index is -0.667. The molecule has 1 atom stereocenters. The van der Waals surface area contributed by atoms with Crippen molar-refractivity contribution in [2.75, 3.05) is 0 Å². The van der Waals surface area contributed by atoms with Crippen molar-refractivity contribution in [2.45, 2.75) is 13.0 Å². The van der Waals surface area contributed by atoms with Crippen molar-refractivity contribution < 1.29 is 14.2 Å². The molecule has 4 heteroatoms. The largest absolute Gasteiger partial charge is 0.439 e.